The van der Waals surface area contributed by atoms with Crippen molar-refractivity contribution in [3.8, 4) is 0 Å². The number of hydrogen-bond donors (Lipinski definition) is 1. The number of nitrogens with zero attached hydrogens (tertiary/aromatic N) is 1. The minimum absolute atomic E-state index is 0.744. The summed E-state index contributed by atoms with van der Waals surface area (Å²) >= 11 is 5.32. The van der Waals surface area contributed by atoms with Gasteiger partial charge in [0.1, 0.15) is 0 Å². The third-order valence-corrected chi connectivity index (χ3v) is 3.51. The van der Waals surface area contributed by atoms with E-state index >= 15 is 0 Å². The Balaban J connectivity index is 1.92. The van der Waals surface area contributed by atoms with Gasteiger partial charge < -0.3 is 10.2 Å². The van der Waals surface area contributed by atoms with E-state index in [1.165, 1.54) is 45.1 Å². The second-order valence-corrected chi connectivity index (χ2v) is 4.46. The largest absolute Gasteiger partial charge is 0.362 e. The van der Waals surface area contributed by atoms with Gasteiger partial charge in [-0.1, -0.05) is 19.3 Å². The Morgan fingerprint density at radius 3 is 2.62 bits per heavy atom. The molecule has 13 heavy (non-hydrogen) atoms. The zero-order chi connectivity index (χ0) is 9.10. The second kappa shape index (κ2) is 4.27. The van der Waals surface area contributed by atoms with Crippen LogP contribution in [-0.2, 0) is 0 Å². The Morgan fingerprint density at radius 1 is 1.15 bits per heavy atom. The lowest BCUT2D eigenvalue weighted by Crippen LogP contribution is -2.51. The maximum atomic E-state index is 5.32. The van der Waals surface area contributed by atoms with E-state index in [1.807, 2.05) is 0 Å². The monoisotopic (exact) mass is 198 g/mol. The van der Waals surface area contributed by atoms with Crippen molar-refractivity contribution in [3.63, 3.8) is 0 Å². The van der Waals surface area contributed by atoms with Crippen LogP contribution in [-0.4, -0.2) is 29.1 Å². The van der Waals surface area contributed by atoms with Crippen LogP contribution < -0.4 is 5.32 Å². The maximum absolute atomic E-state index is 5.32. The Hall–Kier alpha value is -0.310. The minimum atomic E-state index is 0.744. The van der Waals surface area contributed by atoms with Gasteiger partial charge >= 0.3 is 0 Å². The molecular formula is C10H18N2S. The van der Waals surface area contributed by atoms with Crippen LogP contribution in [0.5, 0.6) is 0 Å². The first-order valence-electron chi connectivity index (χ1n) is 5.42. The predicted molar refractivity (Wildman–Crippen MR) is 58.8 cm³/mol. The summed E-state index contributed by atoms with van der Waals surface area (Å²) in [6, 6.07) is 0.744. The van der Waals surface area contributed by atoms with Gasteiger partial charge in [0.05, 0.1) is 0 Å². The summed E-state index contributed by atoms with van der Waals surface area (Å²) in [5.41, 5.74) is 0. The lowest BCUT2D eigenvalue weighted by Gasteiger charge is -2.39. The normalized spacial score (nSPS) is 25.8. The first kappa shape index (κ1) is 9.25. The molecule has 0 bridgehead atoms. The molecule has 2 nitrogen and oxygen atoms in total. The van der Waals surface area contributed by atoms with Gasteiger partial charge in [-0.05, 0) is 31.5 Å². The van der Waals surface area contributed by atoms with Crippen LogP contribution >= 0.6 is 12.2 Å². The van der Waals surface area contributed by atoms with Gasteiger partial charge in [-0.2, -0.15) is 0 Å². The number of hydrogen-bond acceptors (Lipinski definition) is 1. The fourth-order valence-corrected chi connectivity index (χ4v) is 2.73. The van der Waals surface area contributed by atoms with E-state index in [0.717, 1.165) is 17.7 Å². The fraction of sp³-hybridized carbons (Fsp3) is 0.900. The Labute approximate surface area is 85.7 Å². The molecule has 74 valence electrons. The SMILES string of the molecule is S=C1NCCCN1C1CCCCC1. The highest BCUT2D eigenvalue weighted by Crippen LogP contribution is 2.23. The lowest BCUT2D eigenvalue weighted by molar-refractivity contribution is 0.228. The van der Waals surface area contributed by atoms with Crippen LogP contribution in [0.3, 0.4) is 0 Å². The fourth-order valence-electron chi connectivity index (χ4n) is 2.39. The lowest BCUT2D eigenvalue weighted by atomic mass is 9.94. The Morgan fingerprint density at radius 2 is 1.92 bits per heavy atom. The average Bonchev–Trinajstić information content (AvgIpc) is 2.20. The van der Waals surface area contributed by atoms with Gasteiger partial charge in [-0.25, -0.2) is 0 Å². The van der Waals surface area contributed by atoms with Crippen molar-refractivity contribution in [1.29, 1.82) is 0 Å². The van der Waals surface area contributed by atoms with Gasteiger partial charge in [0.2, 0.25) is 0 Å². The van der Waals surface area contributed by atoms with Crippen molar-refractivity contribution in [2.75, 3.05) is 13.1 Å². The van der Waals surface area contributed by atoms with Crippen LogP contribution in [0, 0.1) is 0 Å². The smallest absolute Gasteiger partial charge is 0.169 e. The zero-order valence-corrected chi connectivity index (χ0v) is 8.91. The third kappa shape index (κ3) is 2.13. The molecule has 2 fully saturated rings. The summed E-state index contributed by atoms with van der Waals surface area (Å²) in [7, 11) is 0. The van der Waals surface area contributed by atoms with Crippen molar-refractivity contribution in [3.05, 3.63) is 0 Å². The number of rotatable bonds is 1. The molecule has 1 aliphatic heterocycles. The van der Waals surface area contributed by atoms with Crippen molar-refractivity contribution in [2.24, 2.45) is 0 Å². The standard InChI is InChI=1S/C10H18N2S/c13-10-11-7-4-8-12(10)9-5-2-1-3-6-9/h9H,1-8H2,(H,11,13). The quantitative estimate of drug-likeness (QED) is 0.648. The van der Waals surface area contributed by atoms with E-state index < -0.39 is 0 Å². The molecule has 1 N–H and O–H groups in total. The van der Waals surface area contributed by atoms with Gasteiger partial charge in [-0.3, -0.25) is 0 Å². The van der Waals surface area contributed by atoms with E-state index in [1.54, 1.807) is 0 Å². The summed E-state index contributed by atoms with van der Waals surface area (Å²) < 4.78 is 0. The topological polar surface area (TPSA) is 15.3 Å². The van der Waals surface area contributed by atoms with Crippen molar-refractivity contribution in [1.82, 2.24) is 10.2 Å². The third-order valence-electron chi connectivity index (χ3n) is 3.13. The van der Waals surface area contributed by atoms with Gasteiger partial charge in [0.25, 0.3) is 0 Å². The summed E-state index contributed by atoms with van der Waals surface area (Å²) in [4.78, 5) is 2.41. The summed E-state index contributed by atoms with van der Waals surface area (Å²) in [5.74, 6) is 0. The molecule has 0 aromatic carbocycles. The van der Waals surface area contributed by atoms with Crippen LogP contribution in [0.4, 0.5) is 0 Å². The highest BCUT2D eigenvalue weighted by atomic mass is 32.1. The zero-order valence-electron chi connectivity index (χ0n) is 8.09. The Bertz CT molecular complexity index is 187. The van der Waals surface area contributed by atoms with Crippen molar-refractivity contribution in [2.45, 2.75) is 44.6 Å². The van der Waals surface area contributed by atoms with Gasteiger partial charge in [0.15, 0.2) is 5.11 Å². The minimum Gasteiger partial charge on any atom is -0.362 e. The molecular weight excluding hydrogens is 180 g/mol. The Kier molecular flexibility index (Phi) is 3.04. The van der Waals surface area contributed by atoms with Gasteiger partial charge in [-0.15, -0.1) is 0 Å². The summed E-state index contributed by atoms with van der Waals surface area (Å²) in [6.45, 7) is 2.25. The van der Waals surface area contributed by atoms with Crippen LogP contribution in [0.1, 0.15) is 38.5 Å². The molecule has 1 heterocycles. The predicted octanol–water partition coefficient (Wildman–Crippen LogP) is 1.90. The molecule has 1 saturated carbocycles. The molecule has 0 aromatic rings. The van der Waals surface area contributed by atoms with Crippen molar-refractivity contribution >= 4 is 17.3 Å². The molecule has 2 rings (SSSR count). The summed E-state index contributed by atoms with van der Waals surface area (Å²) in [5, 5.41) is 4.29. The molecule has 0 aromatic heterocycles. The van der Waals surface area contributed by atoms with E-state index in [9.17, 15) is 0 Å². The number of thiocarbonyl (C=S) groups is 1. The highest BCUT2D eigenvalue weighted by molar-refractivity contribution is 7.80. The molecule has 2 aliphatic rings. The van der Waals surface area contributed by atoms with Crippen LogP contribution in [0.2, 0.25) is 0 Å². The molecule has 3 heteroatoms. The van der Waals surface area contributed by atoms with Crippen LogP contribution in [0.15, 0.2) is 0 Å². The molecule has 0 radical (unpaired) electrons. The summed E-state index contributed by atoms with van der Waals surface area (Å²) in [6.07, 6.45) is 8.15. The molecule has 0 unspecified atom stereocenters. The number of nitrogens with one attached hydrogen (secondary N) is 1. The first-order valence-corrected chi connectivity index (χ1v) is 5.83. The molecule has 0 atom stereocenters. The van der Waals surface area contributed by atoms with Crippen molar-refractivity contribution < 1.29 is 0 Å². The van der Waals surface area contributed by atoms with E-state index in [-0.39, 0.29) is 0 Å². The second-order valence-electron chi connectivity index (χ2n) is 4.07. The molecule has 1 saturated heterocycles. The van der Waals surface area contributed by atoms with E-state index in [2.05, 4.69) is 10.2 Å². The van der Waals surface area contributed by atoms with E-state index in [4.69, 9.17) is 12.2 Å². The maximum Gasteiger partial charge on any atom is 0.169 e. The first-order chi connectivity index (χ1) is 6.38. The average molecular weight is 198 g/mol. The molecule has 0 spiro atoms. The molecule has 0 amide bonds. The highest BCUT2D eigenvalue weighted by Gasteiger charge is 2.24. The molecule has 1 aliphatic carbocycles. The van der Waals surface area contributed by atoms with Crippen LogP contribution in [0.25, 0.3) is 0 Å². The van der Waals surface area contributed by atoms with E-state index in [0.29, 0.717) is 0 Å². The van der Waals surface area contributed by atoms with Gasteiger partial charge in [0, 0.05) is 19.1 Å².